The Morgan fingerprint density at radius 1 is 1.09 bits per heavy atom. The Labute approximate surface area is 144 Å². The van der Waals surface area contributed by atoms with Gasteiger partial charge in [-0.15, -0.1) is 0 Å². The molecular weight excluding hydrogens is 393 g/mol. The van der Waals surface area contributed by atoms with E-state index in [1.165, 1.54) is 0 Å². The lowest BCUT2D eigenvalue weighted by Gasteiger charge is -2.10. The van der Waals surface area contributed by atoms with Gasteiger partial charge in [-0.1, -0.05) is 0 Å². The maximum Gasteiger partial charge on any atom is 0.262 e. The van der Waals surface area contributed by atoms with Gasteiger partial charge in [-0.25, -0.2) is 0 Å². The number of ether oxygens (including phenoxy) is 2. The van der Waals surface area contributed by atoms with E-state index < -0.39 is 0 Å². The van der Waals surface area contributed by atoms with Gasteiger partial charge in [-0.2, -0.15) is 0 Å². The molecule has 0 saturated heterocycles. The first-order chi connectivity index (χ1) is 10.6. The van der Waals surface area contributed by atoms with Gasteiger partial charge in [0.2, 0.25) is 0 Å². The first-order valence-corrected chi connectivity index (χ1v) is 8.08. The minimum Gasteiger partial charge on any atom is -0.494 e. The van der Waals surface area contributed by atoms with Crippen LogP contribution in [0.15, 0.2) is 42.5 Å². The van der Waals surface area contributed by atoms with Crippen LogP contribution in [0.4, 0.5) is 5.69 Å². The summed E-state index contributed by atoms with van der Waals surface area (Å²) in [5, 5.41) is 2.85. The van der Waals surface area contributed by atoms with Crippen molar-refractivity contribution in [3.8, 4) is 11.5 Å². The van der Waals surface area contributed by atoms with Crippen molar-refractivity contribution in [3.63, 3.8) is 0 Å². The Morgan fingerprint density at radius 2 is 1.73 bits per heavy atom. The first kappa shape index (κ1) is 16.6. The minimum atomic E-state index is -0.182. The lowest BCUT2D eigenvalue weighted by molar-refractivity contribution is -0.118. The molecule has 0 aromatic heterocycles. The second-order valence-corrected chi connectivity index (χ2v) is 5.95. The van der Waals surface area contributed by atoms with Crippen LogP contribution in [0.25, 0.3) is 0 Å². The third-order valence-electron chi connectivity index (χ3n) is 2.97. The van der Waals surface area contributed by atoms with Crippen LogP contribution in [0.1, 0.15) is 12.5 Å². The quantitative estimate of drug-likeness (QED) is 0.731. The van der Waals surface area contributed by atoms with Crippen LogP contribution in [-0.4, -0.2) is 19.1 Å². The van der Waals surface area contributed by atoms with Crippen LogP contribution in [0.3, 0.4) is 0 Å². The highest BCUT2D eigenvalue weighted by Crippen LogP contribution is 2.19. The molecule has 2 aromatic rings. The van der Waals surface area contributed by atoms with E-state index in [1.807, 2.05) is 44.2 Å². The number of halogens is 1. The summed E-state index contributed by atoms with van der Waals surface area (Å²) in [6.07, 6.45) is 0. The summed E-state index contributed by atoms with van der Waals surface area (Å²) < 4.78 is 12.0. The topological polar surface area (TPSA) is 47.6 Å². The molecule has 0 heterocycles. The van der Waals surface area contributed by atoms with Crippen LogP contribution in [0.5, 0.6) is 11.5 Å². The number of anilines is 1. The lowest BCUT2D eigenvalue weighted by atomic mass is 10.2. The van der Waals surface area contributed by atoms with E-state index in [2.05, 4.69) is 27.9 Å². The monoisotopic (exact) mass is 411 g/mol. The summed E-state index contributed by atoms with van der Waals surface area (Å²) in [6.45, 7) is 4.49. The second-order valence-electron chi connectivity index (χ2n) is 4.70. The van der Waals surface area contributed by atoms with Gasteiger partial charge in [0.15, 0.2) is 6.61 Å². The highest BCUT2D eigenvalue weighted by molar-refractivity contribution is 14.1. The average Bonchev–Trinajstić information content (AvgIpc) is 2.50. The van der Waals surface area contributed by atoms with E-state index in [4.69, 9.17) is 9.47 Å². The van der Waals surface area contributed by atoms with Crippen LogP contribution in [-0.2, 0) is 4.79 Å². The van der Waals surface area contributed by atoms with Crippen LogP contribution in [0, 0.1) is 10.5 Å². The molecule has 1 amide bonds. The highest BCUT2D eigenvalue weighted by Gasteiger charge is 2.06. The molecule has 1 N–H and O–H groups in total. The molecule has 0 atom stereocenters. The van der Waals surface area contributed by atoms with Crippen molar-refractivity contribution in [2.75, 3.05) is 18.5 Å². The molecule has 0 radical (unpaired) electrons. The molecule has 116 valence electrons. The van der Waals surface area contributed by atoms with E-state index in [1.54, 1.807) is 12.1 Å². The number of amides is 1. The van der Waals surface area contributed by atoms with E-state index >= 15 is 0 Å². The number of hydrogen-bond donors (Lipinski definition) is 1. The number of benzene rings is 2. The van der Waals surface area contributed by atoms with Crippen molar-refractivity contribution in [2.45, 2.75) is 13.8 Å². The summed E-state index contributed by atoms with van der Waals surface area (Å²) in [4.78, 5) is 11.9. The number of carbonyl (C=O) groups is 1. The molecule has 22 heavy (non-hydrogen) atoms. The fraction of sp³-hybridized carbons (Fsp3) is 0.235. The average molecular weight is 411 g/mol. The van der Waals surface area contributed by atoms with E-state index in [9.17, 15) is 4.79 Å². The molecule has 0 aliphatic heterocycles. The zero-order valence-electron chi connectivity index (χ0n) is 12.6. The molecule has 0 bridgehead atoms. The van der Waals surface area contributed by atoms with Gasteiger partial charge in [0, 0.05) is 9.26 Å². The normalized spacial score (nSPS) is 10.1. The van der Waals surface area contributed by atoms with Gasteiger partial charge >= 0.3 is 0 Å². The van der Waals surface area contributed by atoms with Gasteiger partial charge in [0.05, 0.1) is 6.61 Å². The number of hydrogen-bond acceptors (Lipinski definition) is 3. The van der Waals surface area contributed by atoms with Gasteiger partial charge in [-0.05, 0) is 84.5 Å². The zero-order chi connectivity index (χ0) is 15.9. The van der Waals surface area contributed by atoms with Crippen molar-refractivity contribution in [1.29, 1.82) is 0 Å². The molecule has 0 aliphatic carbocycles. The van der Waals surface area contributed by atoms with Gasteiger partial charge in [0.25, 0.3) is 5.91 Å². The van der Waals surface area contributed by atoms with Crippen LogP contribution < -0.4 is 14.8 Å². The number of nitrogens with one attached hydrogen (secondary N) is 1. The molecule has 0 saturated carbocycles. The summed E-state index contributed by atoms with van der Waals surface area (Å²) in [6, 6.07) is 13.1. The molecule has 0 spiro atoms. The predicted octanol–water partition coefficient (Wildman–Crippen LogP) is 4.02. The fourth-order valence-electron chi connectivity index (χ4n) is 1.90. The summed E-state index contributed by atoms with van der Waals surface area (Å²) in [5.41, 5.74) is 1.84. The number of rotatable bonds is 6. The Balaban J connectivity index is 1.87. The van der Waals surface area contributed by atoms with Crippen molar-refractivity contribution in [2.24, 2.45) is 0 Å². The fourth-order valence-corrected chi connectivity index (χ4v) is 2.55. The predicted molar refractivity (Wildman–Crippen MR) is 95.6 cm³/mol. The minimum absolute atomic E-state index is 0.0284. The summed E-state index contributed by atoms with van der Waals surface area (Å²) in [7, 11) is 0. The van der Waals surface area contributed by atoms with Crippen LogP contribution in [0.2, 0.25) is 0 Å². The van der Waals surface area contributed by atoms with E-state index in [-0.39, 0.29) is 12.5 Å². The molecular formula is C17H18INO3. The molecule has 0 aliphatic rings. The lowest BCUT2D eigenvalue weighted by Crippen LogP contribution is -2.20. The largest absolute Gasteiger partial charge is 0.494 e. The molecule has 2 rings (SSSR count). The third-order valence-corrected chi connectivity index (χ3v) is 3.64. The van der Waals surface area contributed by atoms with E-state index in [0.717, 1.165) is 20.6 Å². The van der Waals surface area contributed by atoms with Gasteiger partial charge in [-0.3, -0.25) is 4.79 Å². The molecule has 5 heteroatoms. The second kappa shape index (κ2) is 8.03. The Hall–Kier alpha value is -1.76. The molecule has 4 nitrogen and oxygen atoms in total. The third kappa shape index (κ3) is 4.91. The Kier molecular flexibility index (Phi) is 6.06. The van der Waals surface area contributed by atoms with Gasteiger partial charge < -0.3 is 14.8 Å². The number of aryl methyl sites for hydroxylation is 1. The molecule has 0 fully saturated rings. The maximum atomic E-state index is 11.9. The molecule has 0 unspecified atom stereocenters. The van der Waals surface area contributed by atoms with Crippen molar-refractivity contribution in [1.82, 2.24) is 0 Å². The van der Waals surface area contributed by atoms with Crippen molar-refractivity contribution >= 4 is 34.2 Å². The van der Waals surface area contributed by atoms with Crippen molar-refractivity contribution in [3.05, 3.63) is 51.6 Å². The van der Waals surface area contributed by atoms with Crippen molar-refractivity contribution < 1.29 is 14.3 Å². The number of carbonyl (C=O) groups excluding carboxylic acids is 1. The van der Waals surface area contributed by atoms with Crippen LogP contribution >= 0.6 is 22.6 Å². The highest BCUT2D eigenvalue weighted by atomic mass is 127. The maximum absolute atomic E-state index is 11.9. The SMILES string of the molecule is CCOc1ccc(OCC(=O)Nc2ccc(I)cc2C)cc1. The standard InChI is InChI=1S/C17H18INO3/c1-3-21-14-5-7-15(8-6-14)22-11-17(20)19-16-9-4-13(18)10-12(16)2/h4-10H,3,11H2,1-2H3,(H,19,20). The smallest absolute Gasteiger partial charge is 0.262 e. The molecule has 2 aromatic carbocycles. The first-order valence-electron chi connectivity index (χ1n) is 7.00. The summed E-state index contributed by atoms with van der Waals surface area (Å²) in [5.74, 6) is 1.24. The van der Waals surface area contributed by atoms with E-state index in [0.29, 0.717) is 12.4 Å². The Bertz CT molecular complexity index is 641. The Morgan fingerprint density at radius 3 is 2.32 bits per heavy atom. The summed E-state index contributed by atoms with van der Waals surface area (Å²) >= 11 is 2.24. The van der Waals surface area contributed by atoms with Gasteiger partial charge in [0.1, 0.15) is 11.5 Å². The zero-order valence-corrected chi connectivity index (χ0v) is 14.7.